The van der Waals surface area contributed by atoms with Gasteiger partial charge in [-0.15, -0.1) is 0 Å². The first kappa shape index (κ1) is 14.8. The van der Waals surface area contributed by atoms with Crippen molar-refractivity contribution < 1.29 is 4.39 Å². The summed E-state index contributed by atoms with van der Waals surface area (Å²) in [7, 11) is 0. The average molecular weight is 284 g/mol. The van der Waals surface area contributed by atoms with Crippen LogP contribution in [0.2, 0.25) is 5.02 Å². The van der Waals surface area contributed by atoms with Gasteiger partial charge in [-0.2, -0.15) is 0 Å². The average Bonchev–Trinajstić information content (AvgIpc) is 2.70. The molecule has 2 rings (SSSR count). The summed E-state index contributed by atoms with van der Waals surface area (Å²) in [5.41, 5.74) is 1.70. The molecule has 1 atom stereocenters. The molecule has 1 aromatic carbocycles. The van der Waals surface area contributed by atoms with Gasteiger partial charge in [0.2, 0.25) is 0 Å². The Balaban J connectivity index is 1.96. The molecule has 0 amide bonds. The van der Waals surface area contributed by atoms with Crippen LogP contribution in [0, 0.1) is 22.6 Å². The zero-order chi connectivity index (χ0) is 14.4. The normalized spacial score (nSPS) is 22.3. The molecule has 1 saturated carbocycles. The van der Waals surface area contributed by atoms with Gasteiger partial charge in [-0.05, 0) is 47.9 Å². The molecule has 0 aromatic heterocycles. The number of halogens is 2. The highest BCUT2D eigenvalue weighted by atomic mass is 35.5. The van der Waals surface area contributed by atoms with Crippen molar-refractivity contribution in [3.05, 3.63) is 34.6 Å². The molecule has 1 nitrogen and oxygen atoms in total. The molecule has 106 valence electrons. The smallest absolute Gasteiger partial charge is 0.142 e. The molecule has 1 N–H and O–H groups in total. The lowest BCUT2D eigenvalue weighted by Crippen LogP contribution is -2.23. The molecule has 0 heterocycles. The van der Waals surface area contributed by atoms with Crippen molar-refractivity contribution in [2.75, 3.05) is 6.54 Å². The third kappa shape index (κ3) is 2.53. The van der Waals surface area contributed by atoms with E-state index in [1.165, 1.54) is 6.07 Å². The fourth-order valence-corrected chi connectivity index (χ4v) is 3.16. The second kappa shape index (κ2) is 4.75. The van der Waals surface area contributed by atoms with Crippen LogP contribution >= 0.6 is 11.6 Å². The molecule has 1 fully saturated rings. The minimum atomic E-state index is -0.347. The molecule has 0 radical (unpaired) electrons. The van der Waals surface area contributed by atoms with Crippen LogP contribution in [0.1, 0.15) is 46.2 Å². The van der Waals surface area contributed by atoms with E-state index < -0.39 is 0 Å². The molecular weight excluding hydrogens is 261 g/mol. The van der Waals surface area contributed by atoms with E-state index in [-0.39, 0.29) is 16.9 Å². The third-order valence-corrected chi connectivity index (χ3v) is 5.70. The van der Waals surface area contributed by atoms with Crippen molar-refractivity contribution in [1.29, 1.82) is 0 Å². The monoisotopic (exact) mass is 283 g/mol. The second-order valence-electron chi connectivity index (χ2n) is 6.80. The van der Waals surface area contributed by atoms with E-state index in [0.717, 1.165) is 12.1 Å². The van der Waals surface area contributed by atoms with Gasteiger partial charge in [-0.1, -0.05) is 45.4 Å². The van der Waals surface area contributed by atoms with Crippen LogP contribution in [-0.4, -0.2) is 6.54 Å². The highest BCUT2D eigenvalue weighted by molar-refractivity contribution is 6.30. The van der Waals surface area contributed by atoms with Gasteiger partial charge in [-0.25, -0.2) is 4.39 Å². The Morgan fingerprint density at radius 3 is 2.32 bits per heavy atom. The molecule has 0 aliphatic heterocycles. The van der Waals surface area contributed by atoms with Gasteiger partial charge in [-0.3, -0.25) is 0 Å². The van der Waals surface area contributed by atoms with Crippen molar-refractivity contribution in [2.24, 2.45) is 16.7 Å². The van der Waals surface area contributed by atoms with E-state index in [0.29, 0.717) is 16.7 Å². The van der Waals surface area contributed by atoms with Crippen molar-refractivity contribution in [1.82, 2.24) is 5.32 Å². The Hall–Kier alpha value is -0.600. The molecule has 1 unspecified atom stereocenters. The van der Waals surface area contributed by atoms with E-state index in [1.807, 2.05) is 6.07 Å². The van der Waals surface area contributed by atoms with Crippen molar-refractivity contribution in [2.45, 2.75) is 40.7 Å². The lowest BCUT2D eigenvalue weighted by atomic mass is 10.0. The zero-order valence-corrected chi connectivity index (χ0v) is 13.1. The maximum absolute atomic E-state index is 13.4. The third-order valence-electron chi connectivity index (χ3n) is 5.39. The fraction of sp³-hybridized carbons (Fsp3) is 0.625. The Bertz CT molecular complexity index is 468. The van der Waals surface area contributed by atoms with Gasteiger partial charge in [0.15, 0.2) is 0 Å². The Morgan fingerprint density at radius 1 is 1.26 bits per heavy atom. The minimum Gasteiger partial charge on any atom is -0.310 e. The summed E-state index contributed by atoms with van der Waals surface area (Å²) in [6, 6.07) is 5.16. The number of nitrogens with one attached hydrogen (secondary N) is 1. The summed E-state index contributed by atoms with van der Waals surface area (Å²) < 4.78 is 13.4. The lowest BCUT2D eigenvalue weighted by molar-refractivity contribution is 0.457. The summed E-state index contributed by atoms with van der Waals surface area (Å²) >= 11 is 5.70. The first-order valence-corrected chi connectivity index (χ1v) is 7.24. The first-order valence-electron chi connectivity index (χ1n) is 6.86. The molecule has 3 heteroatoms. The van der Waals surface area contributed by atoms with Crippen LogP contribution in [0.25, 0.3) is 0 Å². The van der Waals surface area contributed by atoms with E-state index in [9.17, 15) is 4.39 Å². The molecule has 1 aromatic rings. The van der Waals surface area contributed by atoms with Crippen molar-refractivity contribution >= 4 is 11.6 Å². The maximum atomic E-state index is 13.4. The Labute approximate surface area is 120 Å². The van der Waals surface area contributed by atoms with E-state index in [1.54, 1.807) is 6.07 Å². The SMILES string of the molecule is CC(NCC1C(C)(C)C1(C)C)c1ccc(Cl)c(F)c1. The number of benzene rings is 1. The van der Waals surface area contributed by atoms with Gasteiger partial charge in [0.25, 0.3) is 0 Å². The van der Waals surface area contributed by atoms with Crippen LogP contribution < -0.4 is 5.32 Å². The van der Waals surface area contributed by atoms with Crippen LogP contribution in [0.5, 0.6) is 0 Å². The maximum Gasteiger partial charge on any atom is 0.142 e. The molecule has 1 aliphatic carbocycles. The van der Waals surface area contributed by atoms with Crippen LogP contribution in [-0.2, 0) is 0 Å². The number of hydrogen-bond acceptors (Lipinski definition) is 1. The standard InChI is InChI=1S/C16H23ClFN/c1-10(11-6-7-12(17)13(18)8-11)19-9-14-15(2,3)16(14,4)5/h6-8,10,14,19H,9H2,1-5H3. The summed E-state index contributed by atoms with van der Waals surface area (Å²) in [5.74, 6) is 0.319. The minimum absolute atomic E-state index is 0.138. The molecule has 0 bridgehead atoms. The fourth-order valence-electron chi connectivity index (χ4n) is 3.04. The summed E-state index contributed by atoms with van der Waals surface area (Å²) in [4.78, 5) is 0. The largest absolute Gasteiger partial charge is 0.310 e. The summed E-state index contributed by atoms with van der Waals surface area (Å²) in [5, 5.41) is 3.69. The topological polar surface area (TPSA) is 12.0 Å². The van der Waals surface area contributed by atoms with Gasteiger partial charge in [0.05, 0.1) is 5.02 Å². The highest BCUT2D eigenvalue weighted by Crippen LogP contribution is 2.68. The second-order valence-corrected chi connectivity index (χ2v) is 7.21. The van der Waals surface area contributed by atoms with Gasteiger partial charge < -0.3 is 5.32 Å². The predicted octanol–water partition coefficient (Wildman–Crippen LogP) is 4.81. The lowest BCUT2D eigenvalue weighted by Gasteiger charge is -2.15. The molecule has 0 saturated heterocycles. The summed E-state index contributed by atoms with van der Waals surface area (Å²) in [6.45, 7) is 12.3. The molecule has 1 aliphatic rings. The predicted molar refractivity (Wildman–Crippen MR) is 78.9 cm³/mol. The zero-order valence-electron chi connectivity index (χ0n) is 12.3. The van der Waals surface area contributed by atoms with E-state index >= 15 is 0 Å². The Kier molecular flexibility index (Phi) is 3.70. The number of rotatable bonds is 4. The number of hydrogen-bond donors (Lipinski definition) is 1. The highest BCUT2D eigenvalue weighted by Gasteiger charge is 2.63. The quantitative estimate of drug-likeness (QED) is 0.836. The molecule has 0 spiro atoms. The van der Waals surface area contributed by atoms with Gasteiger partial charge in [0.1, 0.15) is 5.82 Å². The van der Waals surface area contributed by atoms with Crippen molar-refractivity contribution in [3.8, 4) is 0 Å². The first-order chi connectivity index (χ1) is 8.68. The van der Waals surface area contributed by atoms with E-state index in [2.05, 4.69) is 39.9 Å². The van der Waals surface area contributed by atoms with Gasteiger partial charge >= 0.3 is 0 Å². The summed E-state index contributed by atoms with van der Waals surface area (Å²) in [6.07, 6.45) is 0. The van der Waals surface area contributed by atoms with Crippen molar-refractivity contribution in [3.63, 3.8) is 0 Å². The van der Waals surface area contributed by atoms with Crippen LogP contribution in [0.4, 0.5) is 4.39 Å². The molecule has 19 heavy (non-hydrogen) atoms. The molecular formula is C16H23ClFN. The Morgan fingerprint density at radius 2 is 1.84 bits per heavy atom. The van der Waals surface area contributed by atoms with Crippen LogP contribution in [0.3, 0.4) is 0 Å². The van der Waals surface area contributed by atoms with Crippen LogP contribution in [0.15, 0.2) is 18.2 Å². The van der Waals surface area contributed by atoms with Gasteiger partial charge in [0, 0.05) is 6.04 Å². The van der Waals surface area contributed by atoms with E-state index in [4.69, 9.17) is 11.6 Å².